The number of benzene rings is 2. The van der Waals surface area contributed by atoms with Crippen LogP contribution in [0.25, 0.3) is 11.0 Å². The van der Waals surface area contributed by atoms with Crippen LogP contribution in [0.5, 0.6) is 5.75 Å². The highest BCUT2D eigenvalue weighted by Crippen LogP contribution is 2.26. The molecule has 2 heterocycles. The number of morpholine rings is 1. The Bertz CT molecular complexity index is 920. The van der Waals surface area contributed by atoms with Gasteiger partial charge < -0.3 is 14.0 Å². The average Bonchev–Trinajstić information content (AvgIpc) is 3.13. The molecule has 1 atom stereocenters. The average molecular weight is 414 g/mol. The van der Waals surface area contributed by atoms with Crippen LogP contribution in [-0.4, -0.2) is 47.4 Å². The minimum absolute atomic E-state index is 0.275. The summed E-state index contributed by atoms with van der Waals surface area (Å²) in [7, 11) is 0. The lowest BCUT2D eigenvalue weighted by atomic mass is 10.2. The Hall–Kier alpha value is -2.08. The number of aromatic nitrogens is 2. The number of para-hydroxylation sites is 2. The van der Waals surface area contributed by atoms with Crippen molar-refractivity contribution in [1.29, 1.82) is 0 Å². The van der Waals surface area contributed by atoms with Crippen LogP contribution >= 0.6 is 11.6 Å². The van der Waals surface area contributed by atoms with E-state index in [1.807, 2.05) is 24.3 Å². The summed E-state index contributed by atoms with van der Waals surface area (Å²) in [6.07, 6.45) is 2.03. The maximum atomic E-state index is 5.92. The number of hydrogen-bond donors (Lipinski definition) is 0. The van der Waals surface area contributed by atoms with Crippen molar-refractivity contribution in [3.8, 4) is 5.75 Å². The van der Waals surface area contributed by atoms with E-state index in [0.29, 0.717) is 6.61 Å². The van der Waals surface area contributed by atoms with Crippen molar-refractivity contribution in [2.75, 3.05) is 32.9 Å². The second kappa shape index (κ2) is 9.61. The van der Waals surface area contributed by atoms with Crippen molar-refractivity contribution in [2.24, 2.45) is 0 Å². The van der Waals surface area contributed by atoms with Crippen LogP contribution in [-0.2, 0) is 11.3 Å². The first-order valence-corrected chi connectivity index (χ1v) is 10.8. The van der Waals surface area contributed by atoms with Gasteiger partial charge in [-0.25, -0.2) is 4.98 Å². The molecule has 1 aromatic heterocycles. The molecular weight excluding hydrogens is 386 g/mol. The molecule has 0 radical (unpaired) electrons. The normalized spacial score (nSPS) is 16.2. The highest BCUT2D eigenvalue weighted by Gasteiger charge is 2.23. The van der Waals surface area contributed by atoms with Crippen LogP contribution in [0.1, 0.15) is 31.6 Å². The largest absolute Gasteiger partial charge is 0.494 e. The molecule has 29 heavy (non-hydrogen) atoms. The van der Waals surface area contributed by atoms with Gasteiger partial charge in [0.15, 0.2) is 0 Å². The van der Waals surface area contributed by atoms with Gasteiger partial charge in [-0.05, 0) is 56.2 Å². The summed E-state index contributed by atoms with van der Waals surface area (Å²) in [5.41, 5.74) is 2.28. The zero-order valence-electron chi connectivity index (χ0n) is 16.9. The summed E-state index contributed by atoms with van der Waals surface area (Å²) in [6, 6.07) is 16.2. The topological polar surface area (TPSA) is 39.5 Å². The fourth-order valence-electron chi connectivity index (χ4n) is 3.87. The summed E-state index contributed by atoms with van der Waals surface area (Å²) >= 11 is 5.92. The Labute approximate surface area is 177 Å². The van der Waals surface area contributed by atoms with Gasteiger partial charge in [-0.2, -0.15) is 0 Å². The molecule has 154 valence electrons. The number of imidazole rings is 1. The molecule has 0 aliphatic carbocycles. The number of fused-ring (bicyclic) bond motifs is 1. The fraction of sp³-hybridized carbons (Fsp3) is 0.435. The molecule has 2 aromatic carbocycles. The zero-order valence-corrected chi connectivity index (χ0v) is 17.6. The van der Waals surface area contributed by atoms with Gasteiger partial charge in [0.25, 0.3) is 0 Å². The molecular formula is C23H28ClN3O2. The molecule has 0 spiro atoms. The van der Waals surface area contributed by atoms with E-state index in [-0.39, 0.29) is 6.04 Å². The van der Waals surface area contributed by atoms with E-state index < -0.39 is 0 Å². The molecule has 5 nitrogen and oxygen atoms in total. The quantitative estimate of drug-likeness (QED) is 0.490. The van der Waals surface area contributed by atoms with Crippen molar-refractivity contribution < 1.29 is 9.47 Å². The van der Waals surface area contributed by atoms with E-state index in [2.05, 4.69) is 40.7 Å². The number of halogens is 1. The van der Waals surface area contributed by atoms with Crippen molar-refractivity contribution in [3.05, 3.63) is 59.4 Å². The molecule has 6 heteroatoms. The summed E-state index contributed by atoms with van der Waals surface area (Å²) in [4.78, 5) is 7.44. The second-order valence-electron chi connectivity index (χ2n) is 7.44. The van der Waals surface area contributed by atoms with Crippen LogP contribution in [0.15, 0.2) is 48.5 Å². The van der Waals surface area contributed by atoms with Gasteiger partial charge in [-0.1, -0.05) is 23.7 Å². The SMILES string of the molecule is CC(c1nc2ccccc2n1CCCCOc1ccc(Cl)cc1)N1CCOCC1. The molecule has 0 saturated carbocycles. The van der Waals surface area contributed by atoms with Crippen LogP contribution in [0.3, 0.4) is 0 Å². The highest BCUT2D eigenvalue weighted by atomic mass is 35.5. The lowest BCUT2D eigenvalue weighted by Crippen LogP contribution is -2.39. The number of rotatable bonds is 8. The predicted octanol–water partition coefficient (Wildman–Crippen LogP) is 4.94. The molecule has 0 N–H and O–H groups in total. The summed E-state index contributed by atoms with van der Waals surface area (Å²) in [5, 5.41) is 0.728. The predicted molar refractivity (Wildman–Crippen MR) is 117 cm³/mol. The van der Waals surface area contributed by atoms with Crippen LogP contribution in [0, 0.1) is 0 Å². The standard InChI is InChI=1S/C23H28ClN3O2/c1-18(26-13-16-28-17-14-26)23-25-21-6-2-3-7-22(21)27(23)12-4-5-15-29-20-10-8-19(24)9-11-20/h2-3,6-11,18H,4-5,12-17H2,1H3. The van der Waals surface area contributed by atoms with Crippen molar-refractivity contribution >= 4 is 22.6 Å². The van der Waals surface area contributed by atoms with Crippen molar-refractivity contribution in [3.63, 3.8) is 0 Å². The number of nitrogens with zero attached hydrogens (tertiary/aromatic N) is 3. The van der Waals surface area contributed by atoms with Gasteiger partial charge in [-0.3, -0.25) is 4.90 Å². The summed E-state index contributed by atoms with van der Waals surface area (Å²) in [5.74, 6) is 2.01. The molecule has 1 aliphatic heterocycles. The minimum atomic E-state index is 0.275. The number of aryl methyl sites for hydroxylation is 1. The van der Waals surface area contributed by atoms with Gasteiger partial charge in [0, 0.05) is 24.7 Å². The first kappa shape index (κ1) is 20.2. The van der Waals surface area contributed by atoms with Gasteiger partial charge in [0.1, 0.15) is 11.6 Å². The van der Waals surface area contributed by atoms with Gasteiger partial charge in [-0.15, -0.1) is 0 Å². The smallest absolute Gasteiger partial charge is 0.127 e. The molecule has 0 amide bonds. The maximum absolute atomic E-state index is 5.92. The Balaban J connectivity index is 1.40. The molecule has 1 saturated heterocycles. The Morgan fingerprint density at radius 3 is 2.62 bits per heavy atom. The van der Waals surface area contributed by atoms with Crippen molar-refractivity contribution in [2.45, 2.75) is 32.4 Å². The molecule has 1 aliphatic rings. The Kier molecular flexibility index (Phi) is 6.70. The number of unbranched alkanes of at least 4 members (excludes halogenated alkanes) is 1. The molecule has 1 unspecified atom stereocenters. The third kappa shape index (κ3) is 4.92. The zero-order chi connectivity index (χ0) is 20.1. The molecule has 0 bridgehead atoms. The third-order valence-corrected chi connectivity index (χ3v) is 5.76. The second-order valence-corrected chi connectivity index (χ2v) is 7.88. The van der Waals surface area contributed by atoms with E-state index in [4.69, 9.17) is 26.1 Å². The number of ether oxygens (including phenoxy) is 2. The number of hydrogen-bond acceptors (Lipinski definition) is 4. The van der Waals surface area contributed by atoms with Crippen molar-refractivity contribution in [1.82, 2.24) is 14.5 Å². The lowest BCUT2D eigenvalue weighted by Gasteiger charge is -2.32. The maximum Gasteiger partial charge on any atom is 0.127 e. The van der Waals surface area contributed by atoms with E-state index >= 15 is 0 Å². The summed E-state index contributed by atoms with van der Waals surface area (Å²) < 4.78 is 13.7. The first-order chi connectivity index (χ1) is 14.2. The molecule has 4 rings (SSSR count). The minimum Gasteiger partial charge on any atom is -0.494 e. The van der Waals surface area contributed by atoms with Crippen LogP contribution < -0.4 is 4.74 Å². The van der Waals surface area contributed by atoms with E-state index in [1.54, 1.807) is 0 Å². The Morgan fingerprint density at radius 2 is 1.83 bits per heavy atom. The third-order valence-electron chi connectivity index (χ3n) is 5.51. The Morgan fingerprint density at radius 1 is 1.07 bits per heavy atom. The van der Waals surface area contributed by atoms with Crippen LogP contribution in [0.4, 0.5) is 0 Å². The molecule has 3 aromatic rings. The van der Waals surface area contributed by atoms with E-state index in [0.717, 1.165) is 67.8 Å². The lowest BCUT2D eigenvalue weighted by molar-refractivity contribution is 0.0176. The highest BCUT2D eigenvalue weighted by molar-refractivity contribution is 6.30. The van der Waals surface area contributed by atoms with E-state index in [1.165, 1.54) is 5.52 Å². The first-order valence-electron chi connectivity index (χ1n) is 10.4. The summed E-state index contributed by atoms with van der Waals surface area (Å²) in [6.45, 7) is 7.40. The fourth-order valence-corrected chi connectivity index (χ4v) is 3.99. The van der Waals surface area contributed by atoms with Gasteiger partial charge in [0.05, 0.1) is 36.9 Å². The van der Waals surface area contributed by atoms with Gasteiger partial charge >= 0.3 is 0 Å². The van der Waals surface area contributed by atoms with Crippen LogP contribution in [0.2, 0.25) is 5.02 Å². The monoisotopic (exact) mass is 413 g/mol. The molecule has 1 fully saturated rings. The van der Waals surface area contributed by atoms with Gasteiger partial charge in [0.2, 0.25) is 0 Å². The van der Waals surface area contributed by atoms with E-state index in [9.17, 15) is 0 Å².